The lowest BCUT2D eigenvalue weighted by Gasteiger charge is -2.22. The van der Waals surface area contributed by atoms with Crippen LogP contribution >= 0.6 is 0 Å². The van der Waals surface area contributed by atoms with Crippen LogP contribution in [0.1, 0.15) is 26.7 Å². The van der Waals surface area contributed by atoms with Crippen molar-refractivity contribution in [2.75, 3.05) is 0 Å². The molecular formula is C14H17NO4. The van der Waals surface area contributed by atoms with Gasteiger partial charge in [-0.1, -0.05) is 18.7 Å². The SMILES string of the molecule is C=C(C)C(=O)OC(C)N1C(=O)C2C=CCCC2C1=O. The summed E-state index contributed by atoms with van der Waals surface area (Å²) in [6, 6.07) is 0. The molecule has 0 N–H and O–H groups in total. The number of esters is 1. The van der Waals surface area contributed by atoms with Crippen LogP contribution in [-0.2, 0) is 19.1 Å². The number of imide groups is 1. The van der Waals surface area contributed by atoms with Gasteiger partial charge in [0.2, 0.25) is 11.8 Å². The van der Waals surface area contributed by atoms with Crippen molar-refractivity contribution in [2.24, 2.45) is 11.8 Å². The first-order valence-electron chi connectivity index (χ1n) is 6.33. The lowest BCUT2D eigenvalue weighted by molar-refractivity contribution is -0.163. The second kappa shape index (κ2) is 4.99. The van der Waals surface area contributed by atoms with Gasteiger partial charge in [0, 0.05) is 5.57 Å². The summed E-state index contributed by atoms with van der Waals surface area (Å²) in [6.45, 7) is 6.52. The number of allylic oxidation sites excluding steroid dienone is 1. The summed E-state index contributed by atoms with van der Waals surface area (Å²) in [5.41, 5.74) is 0.239. The molecule has 19 heavy (non-hydrogen) atoms. The van der Waals surface area contributed by atoms with Crippen LogP contribution in [0.3, 0.4) is 0 Å². The van der Waals surface area contributed by atoms with E-state index in [0.29, 0.717) is 6.42 Å². The Bertz CT molecular complexity index is 480. The third-order valence-electron chi connectivity index (χ3n) is 3.49. The number of fused-ring (bicyclic) bond motifs is 1. The Kier molecular flexibility index (Phi) is 3.55. The first-order chi connectivity index (χ1) is 8.93. The Morgan fingerprint density at radius 2 is 2.16 bits per heavy atom. The van der Waals surface area contributed by atoms with E-state index in [1.54, 1.807) is 6.08 Å². The number of hydrogen-bond donors (Lipinski definition) is 0. The van der Waals surface area contributed by atoms with E-state index >= 15 is 0 Å². The number of amides is 2. The minimum atomic E-state index is -0.886. The Hall–Kier alpha value is -1.91. The van der Waals surface area contributed by atoms with Gasteiger partial charge in [0.1, 0.15) is 0 Å². The average Bonchev–Trinajstić information content (AvgIpc) is 2.62. The second-order valence-corrected chi connectivity index (χ2v) is 4.97. The molecule has 1 saturated heterocycles. The predicted octanol–water partition coefficient (Wildman–Crippen LogP) is 1.40. The number of ether oxygens (including phenoxy) is 1. The zero-order chi connectivity index (χ0) is 14.2. The molecule has 0 aromatic rings. The van der Waals surface area contributed by atoms with E-state index in [1.165, 1.54) is 13.8 Å². The molecule has 2 aliphatic rings. The molecule has 2 rings (SSSR count). The summed E-state index contributed by atoms with van der Waals surface area (Å²) < 4.78 is 5.06. The van der Waals surface area contributed by atoms with Gasteiger partial charge < -0.3 is 4.74 Å². The third kappa shape index (κ3) is 2.32. The summed E-state index contributed by atoms with van der Waals surface area (Å²) in [6.07, 6.45) is 4.28. The highest BCUT2D eigenvalue weighted by Gasteiger charge is 2.49. The minimum Gasteiger partial charge on any atom is -0.438 e. The zero-order valence-corrected chi connectivity index (χ0v) is 11.1. The number of nitrogens with zero attached hydrogens (tertiary/aromatic N) is 1. The molecule has 1 aliphatic heterocycles. The zero-order valence-electron chi connectivity index (χ0n) is 11.1. The van der Waals surface area contributed by atoms with Crippen molar-refractivity contribution in [2.45, 2.75) is 32.9 Å². The average molecular weight is 263 g/mol. The van der Waals surface area contributed by atoms with E-state index in [9.17, 15) is 14.4 Å². The van der Waals surface area contributed by atoms with Gasteiger partial charge >= 0.3 is 5.97 Å². The smallest absolute Gasteiger partial charge is 0.335 e. The Balaban J connectivity index is 2.14. The van der Waals surface area contributed by atoms with Crippen molar-refractivity contribution >= 4 is 17.8 Å². The van der Waals surface area contributed by atoms with Gasteiger partial charge in [-0.05, 0) is 26.7 Å². The normalized spacial score (nSPS) is 27.2. The molecule has 0 spiro atoms. The molecule has 0 bridgehead atoms. The molecule has 0 aromatic carbocycles. The quantitative estimate of drug-likeness (QED) is 0.334. The highest BCUT2D eigenvalue weighted by molar-refractivity contribution is 6.06. The van der Waals surface area contributed by atoms with Crippen LogP contribution in [0.2, 0.25) is 0 Å². The van der Waals surface area contributed by atoms with Crippen LogP contribution in [0.15, 0.2) is 24.3 Å². The van der Waals surface area contributed by atoms with Gasteiger partial charge in [-0.25, -0.2) is 9.69 Å². The summed E-state index contributed by atoms with van der Waals surface area (Å²) in [4.78, 5) is 36.9. The second-order valence-electron chi connectivity index (χ2n) is 4.97. The summed E-state index contributed by atoms with van der Waals surface area (Å²) in [5.74, 6) is -1.83. The number of carbonyl (C=O) groups is 3. The van der Waals surface area contributed by atoms with Crippen molar-refractivity contribution in [1.82, 2.24) is 4.90 Å². The predicted molar refractivity (Wildman–Crippen MR) is 67.6 cm³/mol. The molecule has 1 heterocycles. The van der Waals surface area contributed by atoms with Crippen molar-refractivity contribution < 1.29 is 19.1 Å². The highest BCUT2D eigenvalue weighted by atomic mass is 16.6. The van der Waals surface area contributed by atoms with Crippen molar-refractivity contribution in [1.29, 1.82) is 0 Å². The number of rotatable bonds is 3. The number of hydrogen-bond acceptors (Lipinski definition) is 4. The molecule has 0 radical (unpaired) electrons. The molecule has 1 aliphatic carbocycles. The van der Waals surface area contributed by atoms with E-state index in [0.717, 1.165) is 11.3 Å². The van der Waals surface area contributed by atoms with Gasteiger partial charge in [-0.3, -0.25) is 9.59 Å². The summed E-state index contributed by atoms with van der Waals surface area (Å²) >= 11 is 0. The lowest BCUT2D eigenvalue weighted by Crippen LogP contribution is -2.41. The molecule has 5 heteroatoms. The van der Waals surface area contributed by atoms with Gasteiger partial charge in [0.05, 0.1) is 11.8 Å². The maximum atomic E-state index is 12.2. The molecule has 5 nitrogen and oxygen atoms in total. The Morgan fingerprint density at radius 1 is 1.47 bits per heavy atom. The van der Waals surface area contributed by atoms with Crippen LogP contribution in [0, 0.1) is 11.8 Å². The van der Waals surface area contributed by atoms with Crippen LogP contribution in [0.5, 0.6) is 0 Å². The molecule has 102 valence electrons. The molecule has 1 fully saturated rings. The Morgan fingerprint density at radius 3 is 2.74 bits per heavy atom. The molecular weight excluding hydrogens is 246 g/mol. The van der Waals surface area contributed by atoms with Crippen LogP contribution in [0.4, 0.5) is 0 Å². The van der Waals surface area contributed by atoms with E-state index < -0.39 is 18.1 Å². The fraction of sp³-hybridized carbons (Fsp3) is 0.500. The fourth-order valence-corrected chi connectivity index (χ4v) is 2.48. The minimum absolute atomic E-state index is 0.239. The van der Waals surface area contributed by atoms with E-state index in [4.69, 9.17) is 4.74 Å². The first-order valence-corrected chi connectivity index (χ1v) is 6.33. The summed E-state index contributed by atoms with van der Waals surface area (Å²) in [7, 11) is 0. The van der Waals surface area contributed by atoms with Crippen molar-refractivity contribution in [3.63, 3.8) is 0 Å². The monoisotopic (exact) mass is 263 g/mol. The number of carbonyl (C=O) groups excluding carboxylic acids is 3. The molecule has 3 unspecified atom stereocenters. The van der Waals surface area contributed by atoms with E-state index in [1.807, 2.05) is 6.08 Å². The molecule has 2 amide bonds. The summed E-state index contributed by atoms with van der Waals surface area (Å²) in [5, 5.41) is 0. The maximum Gasteiger partial charge on any atom is 0.335 e. The molecule has 0 saturated carbocycles. The maximum absolute atomic E-state index is 12.2. The van der Waals surface area contributed by atoms with Gasteiger partial charge in [-0.2, -0.15) is 0 Å². The van der Waals surface area contributed by atoms with E-state index in [-0.39, 0.29) is 23.3 Å². The fourth-order valence-electron chi connectivity index (χ4n) is 2.48. The van der Waals surface area contributed by atoms with Crippen molar-refractivity contribution in [3.05, 3.63) is 24.3 Å². The Labute approximate surface area is 111 Å². The van der Waals surface area contributed by atoms with Crippen LogP contribution < -0.4 is 0 Å². The first kappa shape index (κ1) is 13.5. The topological polar surface area (TPSA) is 63.7 Å². The van der Waals surface area contributed by atoms with Gasteiger partial charge in [0.15, 0.2) is 6.23 Å². The standard InChI is InChI=1S/C14H17NO4/c1-8(2)14(18)19-9(3)15-12(16)10-6-4-5-7-11(10)13(15)17/h4,6,9-11H,1,5,7H2,2-3H3. The van der Waals surface area contributed by atoms with E-state index in [2.05, 4.69) is 6.58 Å². The molecule has 0 aromatic heterocycles. The van der Waals surface area contributed by atoms with Crippen LogP contribution in [0.25, 0.3) is 0 Å². The number of likely N-dealkylation sites (tertiary alicyclic amines) is 1. The van der Waals surface area contributed by atoms with Crippen molar-refractivity contribution in [3.8, 4) is 0 Å². The van der Waals surface area contributed by atoms with Gasteiger partial charge in [-0.15, -0.1) is 0 Å². The van der Waals surface area contributed by atoms with Gasteiger partial charge in [0.25, 0.3) is 0 Å². The molecule has 3 atom stereocenters. The third-order valence-corrected chi connectivity index (χ3v) is 3.49. The van der Waals surface area contributed by atoms with Crippen LogP contribution in [-0.4, -0.2) is 28.9 Å². The lowest BCUT2D eigenvalue weighted by atomic mass is 9.86. The largest absolute Gasteiger partial charge is 0.438 e. The highest BCUT2D eigenvalue weighted by Crippen LogP contribution is 2.35.